The molecule has 0 saturated carbocycles. The Kier molecular flexibility index (Phi) is 9.20. The minimum atomic E-state index is -0.401. The van der Waals surface area contributed by atoms with Crippen molar-refractivity contribution < 1.29 is 8.78 Å². The lowest BCUT2D eigenvalue weighted by molar-refractivity contribution is 0.342. The largest absolute Gasteiger partial charge is 0.366 e. The number of hydrogen-bond acceptors (Lipinski definition) is 3. The highest BCUT2D eigenvalue weighted by Crippen LogP contribution is 2.22. The predicted molar refractivity (Wildman–Crippen MR) is 122 cm³/mol. The van der Waals surface area contributed by atoms with Crippen LogP contribution in [0.3, 0.4) is 0 Å². The van der Waals surface area contributed by atoms with Crippen LogP contribution in [-0.4, -0.2) is 74.7 Å². The Morgan fingerprint density at radius 2 is 1.89 bits per heavy atom. The van der Waals surface area contributed by atoms with E-state index in [0.29, 0.717) is 24.7 Å². The van der Waals surface area contributed by atoms with Gasteiger partial charge in [0.15, 0.2) is 5.96 Å². The van der Waals surface area contributed by atoms with E-state index in [4.69, 9.17) is 4.99 Å². The maximum Gasteiger partial charge on any atom is 0.194 e. The number of benzene rings is 1. The lowest BCUT2D eigenvalue weighted by Crippen LogP contribution is -2.52. The van der Waals surface area contributed by atoms with Crippen molar-refractivity contribution in [2.45, 2.75) is 20.3 Å². The third kappa shape index (κ3) is 5.92. The van der Waals surface area contributed by atoms with Gasteiger partial charge in [-0.25, -0.2) is 8.78 Å². The van der Waals surface area contributed by atoms with E-state index in [1.807, 2.05) is 4.90 Å². The van der Waals surface area contributed by atoms with E-state index in [9.17, 15) is 8.78 Å². The van der Waals surface area contributed by atoms with Gasteiger partial charge in [0.05, 0.1) is 5.69 Å². The average molecular weight is 507 g/mol. The first-order valence-corrected chi connectivity index (χ1v) is 10.1. The second kappa shape index (κ2) is 11.1. The van der Waals surface area contributed by atoms with Crippen LogP contribution in [0.15, 0.2) is 23.2 Å². The normalized spacial score (nSPS) is 21.0. The van der Waals surface area contributed by atoms with Crippen LogP contribution in [0.5, 0.6) is 0 Å². The summed E-state index contributed by atoms with van der Waals surface area (Å²) in [6.07, 6.45) is 1.21. The van der Waals surface area contributed by atoms with Crippen molar-refractivity contribution in [3.8, 4) is 0 Å². The van der Waals surface area contributed by atoms with Crippen LogP contribution >= 0.6 is 24.0 Å². The molecule has 5 nitrogen and oxygen atoms in total. The zero-order chi connectivity index (χ0) is 19.2. The summed E-state index contributed by atoms with van der Waals surface area (Å²) in [5.74, 6) is 0.793. The lowest BCUT2D eigenvalue weighted by Gasteiger charge is -2.37. The van der Waals surface area contributed by atoms with Crippen molar-refractivity contribution in [3.63, 3.8) is 0 Å². The molecule has 2 fully saturated rings. The van der Waals surface area contributed by atoms with E-state index in [-0.39, 0.29) is 29.8 Å². The summed E-state index contributed by atoms with van der Waals surface area (Å²) in [7, 11) is 0. The van der Waals surface area contributed by atoms with Crippen molar-refractivity contribution in [2.75, 3.05) is 63.8 Å². The number of piperazine rings is 1. The Hall–Kier alpha value is -1.16. The summed E-state index contributed by atoms with van der Waals surface area (Å²) >= 11 is 0. The molecule has 1 N–H and O–H groups in total. The number of halogens is 3. The van der Waals surface area contributed by atoms with Crippen LogP contribution in [-0.2, 0) is 0 Å². The Morgan fingerprint density at radius 3 is 2.54 bits per heavy atom. The monoisotopic (exact) mass is 507 g/mol. The van der Waals surface area contributed by atoms with Crippen molar-refractivity contribution in [1.82, 2.24) is 15.1 Å². The van der Waals surface area contributed by atoms with Gasteiger partial charge < -0.3 is 20.0 Å². The molecule has 0 aliphatic carbocycles. The fraction of sp³-hybridized carbons (Fsp3) is 0.650. The number of hydrogen-bond donors (Lipinski definition) is 1. The minimum Gasteiger partial charge on any atom is -0.366 e. The summed E-state index contributed by atoms with van der Waals surface area (Å²) in [4.78, 5) is 11.5. The Bertz CT molecular complexity index is 649. The van der Waals surface area contributed by atoms with Gasteiger partial charge in [-0.2, -0.15) is 0 Å². The first-order valence-electron chi connectivity index (χ1n) is 10.1. The molecule has 1 unspecified atom stereocenters. The van der Waals surface area contributed by atoms with Crippen LogP contribution in [0.2, 0.25) is 0 Å². The third-order valence-electron chi connectivity index (χ3n) is 5.48. The summed E-state index contributed by atoms with van der Waals surface area (Å²) in [5, 5.41) is 3.39. The summed E-state index contributed by atoms with van der Waals surface area (Å²) in [5.41, 5.74) is 0.349. The standard InChI is InChI=1S/C20H31F2N5.HI/c1-3-23-20(24-14-16-7-8-25(4-2)15-16)27-11-9-26(10-12-27)19-13-17(21)5-6-18(19)22;/h5-6,13,16H,3-4,7-12,14-15H2,1-2H3,(H,23,24);1H. The molecule has 1 aromatic carbocycles. The Morgan fingerprint density at radius 1 is 1.14 bits per heavy atom. The molecule has 28 heavy (non-hydrogen) atoms. The summed E-state index contributed by atoms with van der Waals surface area (Å²) in [6.45, 7) is 12.1. The van der Waals surface area contributed by atoms with Gasteiger partial charge in [-0.1, -0.05) is 6.92 Å². The number of anilines is 1. The first-order chi connectivity index (χ1) is 13.1. The highest BCUT2D eigenvalue weighted by molar-refractivity contribution is 14.0. The van der Waals surface area contributed by atoms with Crippen molar-refractivity contribution in [2.24, 2.45) is 10.9 Å². The second-order valence-electron chi connectivity index (χ2n) is 7.31. The van der Waals surface area contributed by atoms with Gasteiger partial charge in [0, 0.05) is 51.9 Å². The van der Waals surface area contributed by atoms with Gasteiger partial charge in [-0.15, -0.1) is 24.0 Å². The van der Waals surface area contributed by atoms with Crippen LogP contribution in [0.1, 0.15) is 20.3 Å². The smallest absolute Gasteiger partial charge is 0.194 e. The van der Waals surface area contributed by atoms with Crippen LogP contribution in [0.4, 0.5) is 14.5 Å². The number of likely N-dealkylation sites (tertiary alicyclic amines) is 1. The number of nitrogens with one attached hydrogen (secondary N) is 1. The average Bonchev–Trinajstić information content (AvgIpc) is 3.15. The zero-order valence-electron chi connectivity index (χ0n) is 16.8. The van der Waals surface area contributed by atoms with Gasteiger partial charge in [-0.05, 0) is 44.5 Å². The highest BCUT2D eigenvalue weighted by Gasteiger charge is 2.24. The van der Waals surface area contributed by atoms with Crippen molar-refractivity contribution >= 4 is 35.6 Å². The maximum atomic E-state index is 14.0. The fourth-order valence-corrected chi connectivity index (χ4v) is 3.88. The van der Waals surface area contributed by atoms with Crippen LogP contribution in [0.25, 0.3) is 0 Å². The first kappa shape index (κ1) is 23.1. The molecule has 2 aliphatic rings. The van der Waals surface area contributed by atoms with E-state index >= 15 is 0 Å². The summed E-state index contributed by atoms with van der Waals surface area (Å²) < 4.78 is 27.5. The SMILES string of the molecule is CCNC(=NCC1CCN(CC)C1)N1CCN(c2cc(F)ccc2F)CC1.I. The molecule has 2 aliphatic heterocycles. The highest BCUT2D eigenvalue weighted by atomic mass is 127. The number of guanidine groups is 1. The van der Waals surface area contributed by atoms with E-state index in [1.54, 1.807) is 0 Å². The molecule has 2 heterocycles. The van der Waals surface area contributed by atoms with Gasteiger partial charge in [0.1, 0.15) is 11.6 Å². The number of aliphatic imine (C=N–C) groups is 1. The minimum absolute atomic E-state index is 0. The number of rotatable bonds is 5. The molecule has 0 aromatic heterocycles. The van der Waals surface area contributed by atoms with E-state index in [0.717, 1.165) is 51.3 Å². The zero-order valence-corrected chi connectivity index (χ0v) is 19.2. The van der Waals surface area contributed by atoms with Crippen LogP contribution in [0, 0.1) is 17.6 Å². The Labute approximate surface area is 184 Å². The molecule has 0 spiro atoms. The predicted octanol–water partition coefficient (Wildman–Crippen LogP) is 3.01. The molecule has 3 rings (SSSR count). The van der Waals surface area contributed by atoms with Gasteiger partial charge in [0.2, 0.25) is 0 Å². The summed E-state index contributed by atoms with van der Waals surface area (Å²) in [6, 6.07) is 3.64. The quantitative estimate of drug-likeness (QED) is 0.378. The fourth-order valence-electron chi connectivity index (χ4n) is 3.88. The molecule has 0 bridgehead atoms. The Balaban J connectivity index is 0.00000280. The molecule has 8 heteroatoms. The van der Waals surface area contributed by atoms with E-state index in [1.165, 1.54) is 25.1 Å². The molecular weight excluding hydrogens is 475 g/mol. The van der Waals surface area contributed by atoms with Crippen molar-refractivity contribution in [3.05, 3.63) is 29.8 Å². The van der Waals surface area contributed by atoms with Gasteiger partial charge in [-0.3, -0.25) is 4.99 Å². The molecule has 0 radical (unpaired) electrons. The molecule has 158 valence electrons. The maximum absolute atomic E-state index is 14.0. The van der Waals surface area contributed by atoms with E-state index < -0.39 is 5.82 Å². The van der Waals surface area contributed by atoms with Gasteiger partial charge in [0.25, 0.3) is 0 Å². The lowest BCUT2D eigenvalue weighted by atomic mass is 10.1. The van der Waals surface area contributed by atoms with Gasteiger partial charge >= 0.3 is 0 Å². The second-order valence-corrected chi connectivity index (χ2v) is 7.31. The molecule has 1 aromatic rings. The third-order valence-corrected chi connectivity index (χ3v) is 5.48. The molecule has 1 atom stereocenters. The van der Waals surface area contributed by atoms with Crippen molar-refractivity contribution in [1.29, 1.82) is 0 Å². The molecular formula is C20H32F2IN5. The number of nitrogens with zero attached hydrogens (tertiary/aromatic N) is 4. The van der Waals surface area contributed by atoms with E-state index in [2.05, 4.69) is 29.0 Å². The van der Waals surface area contributed by atoms with Crippen LogP contribution < -0.4 is 10.2 Å². The molecule has 2 saturated heterocycles. The topological polar surface area (TPSA) is 34.1 Å². The molecule has 0 amide bonds.